The third-order valence-corrected chi connectivity index (χ3v) is 5.71. The first kappa shape index (κ1) is 19.6. The van der Waals surface area contributed by atoms with Crippen molar-refractivity contribution in [2.75, 3.05) is 25.0 Å². The van der Waals surface area contributed by atoms with Crippen LogP contribution in [0.1, 0.15) is 49.8 Å². The third kappa shape index (κ3) is 5.17. The van der Waals surface area contributed by atoms with E-state index in [9.17, 15) is 9.59 Å². The summed E-state index contributed by atoms with van der Waals surface area (Å²) in [5, 5.41) is 9.65. The highest BCUT2D eigenvalue weighted by Gasteiger charge is 2.25. The van der Waals surface area contributed by atoms with E-state index >= 15 is 0 Å². The average Bonchev–Trinajstić information content (AvgIpc) is 3.36. The van der Waals surface area contributed by atoms with Crippen molar-refractivity contribution in [2.45, 2.75) is 38.6 Å². The molecule has 0 radical (unpaired) electrons. The Morgan fingerprint density at radius 1 is 1.04 bits per heavy atom. The topological polar surface area (TPSA) is 61.4 Å². The molecular weight excluding hydrogens is 358 g/mol. The van der Waals surface area contributed by atoms with Crippen molar-refractivity contribution in [3.05, 3.63) is 52.2 Å². The molecule has 1 saturated heterocycles. The third-order valence-electron chi connectivity index (χ3n) is 5.01. The highest BCUT2D eigenvalue weighted by atomic mass is 32.1. The lowest BCUT2D eigenvalue weighted by Gasteiger charge is -2.27. The molecule has 144 valence electrons. The summed E-state index contributed by atoms with van der Waals surface area (Å²) < 4.78 is 0. The van der Waals surface area contributed by atoms with Crippen LogP contribution < -0.4 is 10.6 Å². The number of hydrogen-bond acceptors (Lipinski definition) is 4. The van der Waals surface area contributed by atoms with Crippen LogP contribution in [0.15, 0.2) is 41.1 Å². The number of rotatable bonds is 6. The van der Waals surface area contributed by atoms with Gasteiger partial charge in [0.05, 0.1) is 6.04 Å². The van der Waals surface area contributed by atoms with Crippen molar-refractivity contribution in [2.24, 2.45) is 0 Å². The molecule has 0 unspecified atom stereocenters. The molecule has 6 heteroatoms. The van der Waals surface area contributed by atoms with E-state index in [1.807, 2.05) is 29.6 Å². The van der Waals surface area contributed by atoms with Gasteiger partial charge in [0.2, 0.25) is 0 Å². The Balaban J connectivity index is 1.56. The zero-order valence-electron chi connectivity index (χ0n) is 15.9. The minimum Gasteiger partial charge on any atom is -0.346 e. The maximum atomic E-state index is 12.3. The van der Waals surface area contributed by atoms with Gasteiger partial charge in [0.1, 0.15) is 0 Å². The predicted octanol–water partition coefficient (Wildman–Crippen LogP) is 3.76. The molecule has 1 aliphatic heterocycles. The molecule has 1 fully saturated rings. The van der Waals surface area contributed by atoms with Crippen LogP contribution in [-0.4, -0.2) is 36.3 Å². The van der Waals surface area contributed by atoms with E-state index in [1.165, 1.54) is 24.0 Å². The number of likely N-dealkylation sites (tertiary alicyclic amines) is 1. The lowest BCUT2D eigenvalue weighted by molar-refractivity contribution is -0.136. The second-order valence-corrected chi connectivity index (χ2v) is 8.04. The van der Waals surface area contributed by atoms with Crippen LogP contribution in [0.2, 0.25) is 0 Å². The van der Waals surface area contributed by atoms with Crippen molar-refractivity contribution >= 4 is 28.8 Å². The zero-order valence-corrected chi connectivity index (χ0v) is 16.7. The van der Waals surface area contributed by atoms with Gasteiger partial charge < -0.3 is 10.6 Å². The first-order valence-corrected chi connectivity index (χ1v) is 10.4. The van der Waals surface area contributed by atoms with Crippen LogP contribution in [-0.2, 0) is 9.59 Å². The first-order chi connectivity index (χ1) is 13.0. The van der Waals surface area contributed by atoms with E-state index in [0.29, 0.717) is 18.2 Å². The number of nitrogens with zero attached hydrogens (tertiary/aromatic N) is 1. The predicted molar refractivity (Wildman–Crippen MR) is 110 cm³/mol. The van der Waals surface area contributed by atoms with Crippen molar-refractivity contribution in [1.82, 2.24) is 10.2 Å². The lowest BCUT2D eigenvalue weighted by atomic mass is 10.0. The Kier molecular flexibility index (Phi) is 6.63. The monoisotopic (exact) mass is 385 g/mol. The number of hydrogen-bond donors (Lipinski definition) is 2. The van der Waals surface area contributed by atoms with E-state index in [4.69, 9.17) is 0 Å². The maximum absolute atomic E-state index is 12.3. The summed E-state index contributed by atoms with van der Waals surface area (Å²) in [6.45, 7) is 6.74. The molecule has 2 amide bonds. The first-order valence-electron chi connectivity index (χ1n) is 9.50. The van der Waals surface area contributed by atoms with Gasteiger partial charge in [-0.1, -0.05) is 26.0 Å². The molecule has 27 heavy (non-hydrogen) atoms. The molecule has 1 aliphatic rings. The molecule has 0 saturated carbocycles. The van der Waals surface area contributed by atoms with Gasteiger partial charge in [-0.25, -0.2) is 0 Å². The van der Waals surface area contributed by atoms with Crippen molar-refractivity contribution in [3.8, 4) is 0 Å². The Morgan fingerprint density at radius 3 is 2.33 bits per heavy atom. The molecule has 0 aliphatic carbocycles. The van der Waals surface area contributed by atoms with Crippen LogP contribution in [0.4, 0.5) is 5.69 Å². The molecule has 3 rings (SSSR count). The minimum absolute atomic E-state index is 0.126. The van der Waals surface area contributed by atoms with Gasteiger partial charge in [-0.3, -0.25) is 14.5 Å². The molecule has 5 nitrogen and oxygen atoms in total. The van der Waals surface area contributed by atoms with E-state index in [-0.39, 0.29) is 6.04 Å². The number of anilines is 1. The fourth-order valence-electron chi connectivity index (χ4n) is 3.38. The van der Waals surface area contributed by atoms with Gasteiger partial charge in [-0.2, -0.15) is 11.3 Å². The van der Waals surface area contributed by atoms with Gasteiger partial charge in [0.25, 0.3) is 0 Å². The molecule has 2 heterocycles. The van der Waals surface area contributed by atoms with Gasteiger partial charge in [-0.15, -0.1) is 0 Å². The smallest absolute Gasteiger partial charge is 0.313 e. The average molecular weight is 386 g/mol. The summed E-state index contributed by atoms with van der Waals surface area (Å²) in [6, 6.07) is 9.82. The van der Waals surface area contributed by atoms with Gasteiger partial charge in [0, 0.05) is 12.2 Å². The summed E-state index contributed by atoms with van der Waals surface area (Å²) in [7, 11) is 0. The number of amides is 2. The molecule has 2 aromatic rings. The summed E-state index contributed by atoms with van der Waals surface area (Å²) in [5.41, 5.74) is 3.03. The summed E-state index contributed by atoms with van der Waals surface area (Å²) in [4.78, 5) is 26.9. The van der Waals surface area contributed by atoms with Crippen molar-refractivity contribution in [1.29, 1.82) is 0 Å². The van der Waals surface area contributed by atoms with Crippen LogP contribution in [0.25, 0.3) is 0 Å². The molecule has 1 aromatic carbocycles. The van der Waals surface area contributed by atoms with Crippen LogP contribution >= 0.6 is 11.3 Å². The standard InChI is InChI=1S/C21H27N3O2S/c1-15(2)16-5-7-18(8-6-16)23-21(26)20(25)22-13-19(17-9-12-27-14-17)24-10-3-4-11-24/h5-9,12,14-15,19H,3-4,10-11,13H2,1-2H3,(H,22,25)(H,23,26)/t19-/m1/s1. The molecule has 0 bridgehead atoms. The van der Waals surface area contributed by atoms with Crippen LogP contribution in [0.3, 0.4) is 0 Å². The van der Waals surface area contributed by atoms with Crippen molar-refractivity contribution < 1.29 is 9.59 Å². The lowest BCUT2D eigenvalue weighted by Crippen LogP contribution is -2.41. The fourth-order valence-corrected chi connectivity index (χ4v) is 4.09. The number of benzene rings is 1. The molecule has 2 N–H and O–H groups in total. The maximum Gasteiger partial charge on any atom is 0.313 e. The normalized spacial score (nSPS) is 15.7. The zero-order chi connectivity index (χ0) is 19.2. The molecule has 1 atom stereocenters. The minimum atomic E-state index is -0.627. The second-order valence-electron chi connectivity index (χ2n) is 7.26. The van der Waals surface area contributed by atoms with Gasteiger partial charge >= 0.3 is 11.8 Å². The van der Waals surface area contributed by atoms with E-state index in [1.54, 1.807) is 11.3 Å². The number of thiophene rings is 1. The van der Waals surface area contributed by atoms with E-state index < -0.39 is 11.8 Å². The Morgan fingerprint density at radius 2 is 1.74 bits per heavy atom. The summed E-state index contributed by atoms with van der Waals surface area (Å²) in [6.07, 6.45) is 2.36. The Hall–Kier alpha value is -2.18. The van der Waals surface area contributed by atoms with Crippen LogP contribution in [0, 0.1) is 0 Å². The SMILES string of the molecule is CC(C)c1ccc(NC(=O)C(=O)NC[C@H](c2ccsc2)N2CCCC2)cc1. The Labute approximate surface area is 164 Å². The highest BCUT2D eigenvalue weighted by molar-refractivity contribution is 7.08. The largest absolute Gasteiger partial charge is 0.346 e. The number of nitrogens with one attached hydrogen (secondary N) is 2. The fraction of sp³-hybridized carbons (Fsp3) is 0.429. The highest BCUT2D eigenvalue weighted by Crippen LogP contribution is 2.26. The van der Waals surface area contributed by atoms with Gasteiger partial charge in [0.15, 0.2) is 0 Å². The summed E-state index contributed by atoms with van der Waals surface area (Å²) >= 11 is 1.65. The molecular formula is C21H27N3O2S. The van der Waals surface area contributed by atoms with E-state index in [0.717, 1.165) is 13.1 Å². The quantitative estimate of drug-likeness (QED) is 0.744. The number of carbonyl (C=O) groups excluding carboxylic acids is 2. The molecule has 1 aromatic heterocycles. The van der Waals surface area contributed by atoms with E-state index in [2.05, 4.69) is 40.8 Å². The Bertz CT molecular complexity index is 750. The van der Waals surface area contributed by atoms with Gasteiger partial charge in [-0.05, 0) is 71.9 Å². The van der Waals surface area contributed by atoms with Crippen molar-refractivity contribution in [3.63, 3.8) is 0 Å². The second kappa shape index (κ2) is 9.15. The number of carbonyl (C=O) groups is 2. The summed E-state index contributed by atoms with van der Waals surface area (Å²) in [5.74, 6) is -0.794. The molecule has 0 spiro atoms. The van der Waals surface area contributed by atoms with Crippen LogP contribution in [0.5, 0.6) is 0 Å².